The normalized spacial score (nSPS) is 11.6. The third-order valence-electron chi connectivity index (χ3n) is 4.14. The Labute approximate surface area is 164 Å². The van der Waals surface area contributed by atoms with Gasteiger partial charge in [0.2, 0.25) is 0 Å². The molecule has 6 nitrogen and oxygen atoms in total. The van der Waals surface area contributed by atoms with Gasteiger partial charge in [-0.25, -0.2) is 27.0 Å². The Bertz CT molecular complexity index is 1180. The number of halogens is 2. The first-order valence-electron chi connectivity index (χ1n) is 8.17. The fraction of sp³-hybridized carbons (Fsp3) is 0.222. The fourth-order valence-electron chi connectivity index (χ4n) is 2.63. The zero-order valence-electron chi connectivity index (χ0n) is 15.2. The molecule has 0 unspecified atom stereocenters. The SMILES string of the molecule is CCOC(=O)c1sc2ncc(S(=O)(=O)N(C)c3cc(F)ccc3F)cc2c1C. The molecule has 0 bridgehead atoms. The second-order valence-electron chi connectivity index (χ2n) is 5.87. The van der Waals surface area contributed by atoms with Gasteiger partial charge in [0.05, 0.1) is 12.3 Å². The highest BCUT2D eigenvalue weighted by molar-refractivity contribution is 7.92. The third kappa shape index (κ3) is 3.45. The number of rotatable bonds is 5. The Morgan fingerprint density at radius 1 is 1.29 bits per heavy atom. The third-order valence-corrected chi connectivity index (χ3v) is 7.07. The van der Waals surface area contributed by atoms with E-state index in [4.69, 9.17) is 4.74 Å². The van der Waals surface area contributed by atoms with E-state index < -0.39 is 33.3 Å². The van der Waals surface area contributed by atoms with Crippen LogP contribution in [0, 0.1) is 18.6 Å². The zero-order chi connectivity index (χ0) is 20.6. The summed E-state index contributed by atoms with van der Waals surface area (Å²) in [4.78, 5) is 16.8. The van der Waals surface area contributed by atoms with Crippen LogP contribution < -0.4 is 4.31 Å². The Hall–Kier alpha value is -2.59. The van der Waals surface area contributed by atoms with E-state index in [1.807, 2.05) is 0 Å². The van der Waals surface area contributed by atoms with Crippen molar-refractivity contribution in [1.82, 2.24) is 4.98 Å². The molecule has 1 aromatic carbocycles. The maximum absolute atomic E-state index is 14.0. The maximum Gasteiger partial charge on any atom is 0.348 e. The molecule has 0 saturated carbocycles. The molecule has 0 aliphatic heterocycles. The van der Waals surface area contributed by atoms with Gasteiger partial charge in [-0.3, -0.25) is 4.31 Å². The lowest BCUT2D eigenvalue weighted by molar-refractivity contribution is 0.0531. The summed E-state index contributed by atoms with van der Waals surface area (Å²) in [6.45, 7) is 3.56. The van der Waals surface area contributed by atoms with E-state index in [9.17, 15) is 22.0 Å². The van der Waals surface area contributed by atoms with Gasteiger partial charge in [-0.15, -0.1) is 11.3 Å². The molecule has 2 aromatic heterocycles. The van der Waals surface area contributed by atoms with E-state index in [0.29, 0.717) is 25.0 Å². The lowest BCUT2D eigenvalue weighted by atomic mass is 10.2. The molecule has 0 fully saturated rings. The number of esters is 1. The predicted octanol–water partition coefficient (Wildman–Crippen LogP) is 3.88. The minimum Gasteiger partial charge on any atom is -0.462 e. The molecule has 3 rings (SSSR count). The van der Waals surface area contributed by atoms with Gasteiger partial charge in [0.15, 0.2) is 0 Å². The number of nitrogens with zero attached hydrogens (tertiary/aromatic N) is 2. The minimum absolute atomic E-state index is 0.206. The molecule has 28 heavy (non-hydrogen) atoms. The van der Waals surface area contributed by atoms with Crippen LogP contribution >= 0.6 is 11.3 Å². The van der Waals surface area contributed by atoms with Gasteiger partial charge in [0.25, 0.3) is 10.0 Å². The number of anilines is 1. The number of aryl methyl sites for hydroxylation is 1. The van der Waals surface area contributed by atoms with Crippen LogP contribution in [0.25, 0.3) is 10.2 Å². The number of thiophene rings is 1. The topological polar surface area (TPSA) is 76.6 Å². The molecule has 0 N–H and O–H groups in total. The van der Waals surface area contributed by atoms with E-state index in [1.54, 1.807) is 13.8 Å². The highest BCUT2D eigenvalue weighted by Crippen LogP contribution is 2.33. The summed E-state index contributed by atoms with van der Waals surface area (Å²) in [7, 11) is -3.08. The average molecular weight is 426 g/mol. The first-order valence-corrected chi connectivity index (χ1v) is 10.4. The van der Waals surface area contributed by atoms with Crippen LogP contribution in [0.4, 0.5) is 14.5 Å². The van der Waals surface area contributed by atoms with E-state index in [2.05, 4.69) is 4.98 Å². The van der Waals surface area contributed by atoms with Crippen molar-refractivity contribution in [3.8, 4) is 0 Å². The zero-order valence-corrected chi connectivity index (χ0v) is 16.8. The molecule has 148 valence electrons. The molecule has 0 aliphatic rings. The molecule has 0 amide bonds. The van der Waals surface area contributed by atoms with Crippen LogP contribution in [0.2, 0.25) is 0 Å². The molecule has 0 spiro atoms. The van der Waals surface area contributed by atoms with Crippen molar-refractivity contribution in [2.45, 2.75) is 18.7 Å². The van der Waals surface area contributed by atoms with Crippen molar-refractivity contribution < 1.29 is 26.7 Å². The first-order chi connectivity index (χ1) is 13.2. The molecule has 0 saturated heterocycles. The van der Waals surface area contributed by atoms with Gasteiger partial charge in [-0.1, -0.05) is 0 Å². The molecule has 2 heterocycles. The number of benzene rings is 1. The first kappa shape index (κ1) is 20.2. The summed E-state index contributed by atoms with van der Waals surface area (Å²) >= 11 is 1.10. The number of hydrogen-bond donors (Lipinski definition) is 0. The van der Waals surface area contributed by atoms with Crippen molar-refractivity contribution in [2.75, 3.05) is 18.0 Å². The van der Waals surface area contributed by atoms with Crippen LogP contribution in [-0.4, -0.2) is 33.0 Å². The number of carbonyl (C=O) groups is 1. The van der Waals surface area contributed by atoms with E-state index in [0.717, 1.165) is 42.8 Å². The van der Waals surface area contributed by atoms with Crippen molar-refractivity contribution >= 4 is 43.2 Å². The highest BCUT2D eigenvalue weighted by Gasteiger charge is 2.26. The van der Waals surface area contributed by atoms with Crippen LogP contribution in [0.5, 0.6) is 0 Å². The van der Waals surface area contributed by atoms with Crippen molar-refractivity contribution in [1.29, 1.82) is 0 Å². The molecule has 3 aromatic rings. The van der Waals surface area contributed by atoms with Crippen molar-refractivity contribution in [3.63, 3.8) is 0 Å². The van der Waals surface area contributed by atoms with E-state index >= 15 is 0 Å². The largest absolute Gasteiger partial charge is 0.462 e. The Kier molecular flexibility index (Phi) is 5.35. The van der Waals surface area contributed by atoms with Gasteiger partial charge in [0, 0.05) is 24.7 Å². The van der Waals surface area contributed by atoms with Crippen LogP contribution in [0.15, 0.2) is 35.4 Å². The molecular weight excluding hydrogens is 410 g/mol. The average Bonchev–Trinajstić information content (AvgIpc) is 2.99. The fourth-order valence-corrected chi connectivity index (χ4v) is 4.82. The lowest BCUT2D eigenvalue weighted by Gasteiger charge is -2.20. The number of ether oxygens (including phenoxy) is 1. The number of hydrogen-bond acceptors (Lipinski definition) is 6. The predicted molar refractivity (Wildman–Crippen MR) is 102 cm³/mol. The van der Waals surface area contributed by atoms with Gasteiger partial charge in [-0.2, -0.15) is 0 Å². The van der Waals surface area contributed by atoms with Crippen molar-refractivity contribution in [2.24, 2.45) is 0 Å². The Morgan fingerprint density at radius 3 is 2.68 bits per heavy atom. The number of sulfonamides is 1. The van der Waals surface area contributed by atoms with E-state index in [-0.39, 0.29) is 11.5 Å². The number of fused-ring (bicyclic) bond motifs is 1. The summed E-state index contributed by atoms with van der Waals surface area (Å²) in [5.74, 6) is -2.15. The molecule has 0 aliphatic carbocycles. The molecule has 0 atom stereocenters. The quantitative estimate of drug-likeness (QED) is 0.579. The monoisotopic (exact) mass is 426 g/mol. The molecule has 0 radical (unpaired) electrons. The Balaban J connectivity index is 2.08. The van der Waals surface area contributed by atoms with E-state index in [1.165, 1.54) is 6.07 Å². The van der Waals surface area contributed by atoms with Crippen LogP contribution in [-0.2, 0) is 14.8 Å². The number of carbonyl (C=O) groups excluding carboxylic acids is 1. The summed E-state index contributed by atoms with van der Waals surface area (Å²) in [5, 5.41) is 0.474. The van der Waals surface area contributed by atoms with Crippen molar-refractivity contribution in [3.05, 3.63) is 52.5 Å². The van der Waals surface area contributed by atoms with Gasteiger partial charge in [-0.05, 0) is 37.6 Å². The second kappa shape index (κ2) is 7.44. The standard InChI is InChI=1S/C18H16F2N2O4S2/c1-4-26-18(23)16-10(2)13-8-12(9-21-17(13)27-16)28(24,25)22(3)15-7-11(19)5-6-14(15)20/h5-9H,4H2,1-3H3. The summed E-state index contributed by atoms with van der Waals surface area (Å²) in [6.07, 6.45) is 1.12. The van der Waals surface area contributed by atoms with Crippen LogP contribution in [0.3, 0.4) is 0 Å². The summed E-state index contributed by atoms with van der Waals surface area (Å²) < 4.78 is 58.9. The van der Waals surface area contributed by atoms with Gasteiger partial charge >= 0.3 is 5.97 Å². The van der Waals surface area contributed by atoms with Gasteiger partial charge < -0.3 is 4.74 Å². The number of aromatic nitrogens is 1. The lowest BCUT2D eigenvalue weighted by Crippen LogP contribution is -2.27. The van der Waals surface area contributed by atoms with Gasteiger partial charge in [0.1, 0.15) is 26.2 Å². The summed E-state index contributed by atoms with van der Waals surface area (Å²) in [6, 6.07) is 3.92. The molecule has 10 heteroatoms. The second-order valence-corrected chi connectivity index (χ2v) is 8.84. The minimum atomic E-state index is -4.21. The summed E-state index contributed by atoms with van der Waals surface area (Å²) in [5.41, 5.74) is 0.122. The maximum atomic E-state index is 14.0. The Morgan fingerprint density at radius 2 is 2.00 bits per heavy atom. The molecular formula is C18H16F2N2O4S2. The van der Waals surface area contributed by atoms with Crippen LogP contribution in [0.1, 0.15) is 22.2 Å². The smallest absolute Gasteiger partial charge is 0.348 e. The highest BCUT2D eigenvalue weighted by atomic mass is 32.2. The number of pyridine rings is 1.